The third-order valence-electron chi connectivity index (χ3n) is 4.52. The molecule has 3 nitrogen and oxygen atoms in total. The Morgan fingerprint density at radius 1 is 1.42 bits per heavy atom. The predicted molar refractivity (Wildman–Crippen MR) is 78.2 cm³/mol. The van der Waals surface area contributed by atoms with E-state index in [0.29, 0.717) is 6.54 Å². The van der Waals surface area contributed by atoms with Gasteiger partial charge in [0.1, 0.15) is 0 Å². The Morgan fingerprint density at radius 3 is 2.79 bits per heavy atom. The van der Waals surface area contributed by atoms with Gasteiger partial charge in [-0.3, -0.25) is 4.79 Å². The number of fused-ring (bicyclic) bond motifs is 2. The first-order valence-electron chi connectivity index (χ1n) is 6.86. The quantitative estimate of drug-likeness (QED) is 0.854. The van der Waals surface area contributed by atoms with Gasteiger partial charge in [-0.05, 0) is 30.0 Å². The van der Waals surface area contributed by atoms with Crippen molar-refractivity contribution >= 4 is 17.7 Å². The van der Waals surface area contributed by atoms with Crippen molar-refractivity contribution in [3.05, 3.63) is 29.3 Å². The van der Waals surface area contributed by atoms with E-state index in [1.54, 1.807) is 6.92 Å². The monoisotopic (exact) mass is 276 g/mol. The van der Waals surface area contributed by atoms with E-state index in [2.05, 4.69) is 18.2 Å². The normalized spacial score (nSPS) is 20.6. The molecule has 4 heteroatoms. The molecule has 0 radical (unpaired) electrons. The molecule has 0 unspecified atom stereocenters. The molecule has 1 aromatic rings. The van der Waals surface area contributed by atoms with Crippen LogP contribution in [0.2, 0.25) is 0 Å². The summed E-state index contributed by atoms with van der Waals surface area (Å²) in [4.78, 5) is 14.8. The van der Waals surface area contributed by atoms with Gasteiger partial charge in [0.15, 0.2) is 0 Å². The van der Waals surface area contributed by atoms with Crippen LogP contribution >= 0.6 is 11.8 Å². The summed E-state index contributed by atoms with van der Waals surface area (Å²) in [5.41, 5.74) is 8.73. The first kappa shape index (κ1) is 13.0. The van der Waals surface area contributed by atoms with Crippen LogP contribution in [0.5, 0.6) is 0 Å². The number of nitrogens with zero attached hydrogens (tertiary/aromatic N) is 1. The molecular formula is C15H20N2OS. The fourth-order valence-corrected chi connectivity index (χ4v) is 4.67. The molecule has 2 N–H and O–H groups in total. The van der Waals surface area contributed by atoms with E-state index in [4.69, 9.17) is 5.73 Å². The highest BCUT2D eigenvalue weighted by Crippen LogP contribution is 2.49. The van der Waals surface area contributed by atoms with E-state index in [1.165, 1.54) is 16.0 Å². The third kappa shape index (κ3) is 2.17. The van der Waals surface area contributed by atoms with Gasteiger partial charge in [-0.25, -0.2) is 0 Å². The largest absolute Gasteiger partial charge is 0.343 e. The maximum absolute atomic E-state index is 11.5. The van der Waals surface area contributed by atoms with E-state index >= 15 is 0 Å². The van der Waals surface area contributed by atoms with Crippen molar-refractivity contribution < 1.29 is 4.79 Å². The number of hydrogen-bond donors (Lipinski definition) is 1. The number of amides is 1. The Bertz CT molecular complexity index is 507. The zero-order valence-corrected chi connectivity index (χ0v) is 12.1. The smallest absolute Gasteiger partial charge is 0.219 e. The summed E-state index contributed by atoms with van der Waals surface area (Å²) in [6.45, 7) is 4.06. The van der Waals surface area contributed by atoms with Crippen molar-refractivity contribution in [2.75, 3.05) is 18.8 Å². The van der Waals surface area contributed by atoms with Gasteiger partial charge in [0.05, 0.1) is 0 Å². The van der Waals surface area contributed by atoms with E-state index in [9.17, 15) is 4.79 Å². The Labute approximate surface area is 118 Å². The number of benzene rings is 1. The van der Waals surface area contributed by atoms with Gasteiger partial charge < -0.3 is 10.6 Å². The van der Waals surface area contributed by atoms with Crippen LogP contribution in [0, 0.1) is 0 Å². The highest BCUT2D eigenvalue weighted by Gasteiger charge is 2.42. The summed E-state index contributed by atoms with van der Waals surface area (Å²) in [7, 11) is 0. The molecule has 102 valence electrons. The molecule has 0 aliphatic carbocycles. The standard InChI is InChI=1S/C15H20N2OS/c1-11(18)17-6-4-15(5-7-17)10-19-14-3-2-12(9-16)8-13(14)15/h2-3,8H,4-7,9-10,16H2,1H3. The third-order valence-corrected chi connectivity index (χ3v) is 5.88. The first-order valence-corrected chi connectivity index (χ1v) is 7.85. The van der Waals surface area contributed by atoms with Crippen molar-refractivity contribution in [3.63, 3.8) is 0 Å². The lowest BCUT2D eigenvalue weighted by Crippen LogP contribution is -2.44. The molecule has 0 aromatic heterocycles. The Morgan fingerprint density at radius 2 is 2.16 bits per heavy atom. The van der Waals surface area contributed by atoms with Gasteiger partial charge >= 0.3 is 0 Å². The molecule has 1 fully saturated rings. The van der Waals surface area contributed by atoms with Crippen LogP contribution in [0.1, 0.15) is 30.9 Å². The number of hydrogen-bond acceptors (Lipinski definition) is 3. The number of rotatable bonds is 1. The van der Waals surface area contributed by atoms with Crippen molar-refractivity contribution in [2.45, 2.75) is 36.6 Å². The highest BCUT2D eigenvalue weighted by atomic mass is 32.2. The fourth-order valence-electron chi connectivity index (χ4n) is 3.20. The summed E-state index contributed by atoms with van der Waals surface area (Å²) in [5, 5.41) is 0. The minimum Gasteiger partial charge on any atom is -0.343 e. The number of thioether (sulfide) groups is 1. The molecule has 2 heterocycles. The molecule has 0 saturated carbocycles. The lowest BCUT2D eigenvalue weighted by atomic mass is 9.74. The summed E-state index contributed by atoms with van der Waals surface area (Å²) in [5.74, 6) is 1.36. The molecule has 2 aliphatic rings. The van der Waals surface area contributed by atoms with Gasteiger partial charge in [-0.2, -0.15) is 0 Å². The van der Waals surface area contributed by atoms with E-state index in [0.717, 1.165) is 31.7 Å². The molecule has 1 amide bonds. The number of nitrogens with two attached hydrogens (primary N) is 1. The van der Waals surface area contributed by atoms with Crippen LogP contribution in [-0.2, 0) is 16.8 Å². The summed E-state index contributed by atoms with van der Waals surface area (Å²) >= 11 is 1.96. The van der Waals surface area contributed by atoms with Crippen molar-refractivity contribution in [1.29, 1.82) is 0 Å². The molecule has 3 rings (SSSR count). The number of carbonyl (C=O) groups is 1. The zero-order chi connectivity index (χ0) is 13.5. The highest BCUT2D eigenvalue weighted by molar-refractivity contribution is 7.99. The van der Waals surface area contributed by atoms with Gasteiger partial charge in [0.25, 0.3) is 0 Å². The van der Waals surface area contributed by atoms with Crippen LogP contribution in [-0.4, -0.2) is 29.6 Å². The van der Waals surface area contributed by atoms with Crippen LogP contribution in [0.25, 0.3) is 0 Å². The number of carbonyl (C=O) groups excluding carboxylic acids is 1. The Hall–Kier alpha value is -1.00. The molecule has 2 aliphatic heterocycles. The second kappa shape index (κ2) is 4.84. The summed E-state index contributed by atoms with van der Waals surface area (Å²) in [6.07, 6.45) is 2.17. The van der Waals surface area contributed by atoms with Crippen LogP contribution in [0.3, 0.4) is 0 Å². The van der Waals surface area contributed by atoms with Crippen LogP contribution in [0.4, 0.5) is 0 Å². The summed E-state index contributed by atoms with van der Waals surface area (Å²) < 4.78 is 0. The minimum absolute atomic E-state index is 0.205. The average Bonchev–Trinajstić information content (AvgIpc) is 2.78. The first-order chi connectivity index (χ1) is 9.14. The molecule has 19 heavy (non-hydrogen) atoms. The van der Waals surface area contributed by atoms with E-state index in [1.807, 2.05) is 16.7 Å². The maximum Gasteiger partial charge on any atom is 0.219 e. The second-order valence-corrected chi connectivity index (χ2v) is 6.63. The molecular weight excluding hydrogens is 256 g/mol. The SMILES string of the molecule is CC(=O)N1CCC2(CC1)CSc1ccc(CN)cc12. The summed E-state index contributed by atoms with van der Waals surface area (Å²) in [6, 6.07) is 6.64. The van der Waals surface area contributed by atoms with Crippen LogP contribution < -0.4 is 5.73 Å². The van der Waals surface area contributed by atoms with Gasteiger partial charge in [0, 0.05) is 42.6 Å². The average molecular weight is 276 g/mol. The molecule has 1 spiro atoms. The minimum atomic E-state index is 0.205. The number of likely N-dealkylation sites (tertiary alicyclic amines) is 1. The van der Waals surface area contributed by atoms with E-state index in [-0.39, 0.29) is 11.3 Å². The molecule has 1 saturated heterocycles. The maximum atomic E-state index is 11.5. The topological polar surface area (TPSA) is 46.3 Å². The van der Waals surface area contributed by atoms with Crippen molar-refractivity contribution in [3.8, 4) is 0 Å². The Balaban J connectivity index is 1.87. The van der Waals surface area contributed by atoms with Gasteiger partial charge in [-0.1, -0.05) is 12.1 Å². The lowest BCUT2D eigenvalue weighted by Gasteiger charge is -2.39. The van der Waals surface area contributed by atoms with Crippen LogP contribution in [0.15, 0.2) is 23.1 Å². The lowest BCUT2D eigenvalue weighted by molar-refractivity contribution is -0.130. The molecule has 0 atom stereocenters. The molecule has 1 aromatic carbocycles. The molecule has 0 bridgehead atoms. The van der Waals surface area contributed by atoms with Gasteiger partial charge in [-0.15, -0.1) is 11.8 Å². The number of piperidine rings is 1. The van der Waals surface area contributed by atoms with Crippen molar-refractivity contribution in [1.82, 2.24) is 4.90 Å². The van der Waals surface area contributed by atoms with Gasteiger partial charge in [0.2, 0.25) is 5.91 Å². The predicted octanol–water partition coefficient (Wildman–Crippen LogP) is 2.13. The zero-order valence-electron chi connectivity index (χ0n) is 11.3. The Kier molecular flexibility index (Phi) is 3.31. The van der Waals surface area contributed by atoms with E-state index < -0.39 is 0 Å². The fraction of sp³-hybridized carbons (Fsp3) is 0.533. The van der Waals surface area contributed by atoms with Crippen molar-refractivity contribution in [2.24, 2.45) is 5.73 Å². The second-order valence-electron chi connectivity index (χ2n) is 5.61.